The molecule has 0 aliphatic carbocycles. The molecule has 0 radical (unpaired) electrons. The van der Waals surface area contributed by atoms with Crippen molar-refractivity contribution in [2.45, 2.75) is 19.6 Å². The van der Waals surface area contributed by atoms with Crippen LogP contribution in [-0.2, 0) is 0 Å². The first-order valence-corrected chi connectivity index (χ1v) is 18.5. The molecule has 0 aliphatic rings. The molecule has 41 heavy (non-hydrogen) atoms. The maximum absolute atomic E-state index is 4.96. The fourth-order valence-electron chi connectivity index (χ4n) is 5.61. The molecule has 0 saturated carbocycles. The average molecular weight is 562 g/mol. The number of hydrogen-bond donors (Lipinski definition) is 0. The first-order chi connectivity index (χ1) is 19.9. The van der Waals surface area contributed by atoms with E-state index in [9.17, 15) is 0 Å². The van der Waals surface area contributed by atoms with Gasteiger partial charge in [-0.05, 0) is 62.4 Å². The zero-order valence-electron chi connectivity index (χ0n) is 23.6. The molecule has 0 atom stereocenters. The summed E-state index contributed by atoms with van der Waals surface area (Å²) in [5, 5.41) is 5.05. The minimum atomic E-state index is -1.35. The van der Waals surface area contributed by atoms with Crippen molar-refractivity contribution in [3.63, 3.8) is 0 Å². The van der Waals surface area contributed by atoms with E-state index in [1.54, 1.807) is 11.3 Å². The third kappa shape index (κ3) is 4.92. The van der Waals surface area contributed by atoms with Crippen LogP contribution in [0.25, 0.3) is 64.9 Å². The quantitative estimate of drug-likeness (QED) is 0.190. The van der Waals surface area contributed by atoms with E-state index in [2.05, 4.69) is 153 Å². The Morgan fingerprint density at radius 1 is 0.488 bits per heavy atom. The highest BCUT2D eigenvalue weighted by Crippen LogP contribution is 2.39. The van der Waals surface area contributed by atoms with E-state index in [1.165, 1.54) is 59.6 Å². The number of thiazole rings is 1. The highest BCUT2D eigenvalue weighted by atomic mass is 32.1. The van der Waals surface area contributed by atoms with E-state index < -0.39 is 8.07 Å². The Morgan fingerprint density at radius 3 is 1.78 bits per heavy atom. The van der Waals surface area contributed by atoms with Gasteiger partial charge in [-0.3, -0.25) is 0 Å². The Hall–Kier alpha value is -4.31. The molecule has 1 aromatic heterocycles. The molecular weight excluding hydrogens is 531 g/mol. The second-order valence-corrected chi connectivity index (χ2v) is 17.8. The van der Waals surface area contributed by atoms with E-state index in [0.29, 0.717) is 0 Å². The van der Waals surface area contributed by atoms with Gasteiger partial charge in [0.1, 0.15) is 5.01 Å². The van der Waals surface area contributed by atoms with Gasteiger partial charge < -0.3 is 0 Å². The summed E-state index contributed by atoms with van der Waals surface area (Å²) in [6.07, 6.45) is 0. The van der Waals surface area contributed by atoms with Crippen molar-refractivity contribution < 1.29 is 0 Å². The molecule has 1 heterocycles. The molecule has 7 aromatic rings. The summed E-state index contributed by atoms with van der Waals surface area (Å²) in [7, 11) is -1.35. The second-order valence-electron chi connectivity index (χ2n) is 11.7. The number of nitrogens with zero attached hydrogens (tertiary/aromatic N) is 1. The normalized spacial score (nSPS) is 11.8. The summed E-state index contributed by atoms with van der Waals surface area (Å²) in [4.78, 5) is 4.96. The summed E-state index contributed by atoms with van der Waals surface area (Å²) in [5.41, 5.74) is 9.73. The Kier molecular flexibility index (Phi) is 6.42. The minimum absolute atomic E-state index is 1.06. The lowest BCUT2D eigenvalue weighted by Crippen LogP contribution is -2.37. The molecule has 0 spiro atoms. The molecule has 7 rings (SSSR count). The van der Waals surface area contributed by atoms with E-state index in [0.717, 1.165) is 10.5 Å². The molecule has 198 valence electrons. The van der Waals surface area contributed by atoms with Gasteiger partial charge in [-0.1, -0.05) is 140 Å². The third-order valence-corrected chi connectivity index (χ3v) is 11.0. The van der Waals surface area contributed by atoms with Gasteiger partial charge in [-0.15, -0.1) is 11.3 Å². The molecule has 0 amide bonds. The first-order valence-electron chi connectivity index (χ1n) is 14.1. The fourth-order valence-corrected chi connectivity index (χ4v) is 7.80. The SMILES string of the molecule is C[Si](C)(C)c1cccc(-c2ccc(-c3cccc(-c4ccc(-c5nc6ccccc6s5)c5ccccc45)c3)cc2)c1. The zero-order chi connectivity index (χ0) is 28.0. The molecule has 0 bridgehead atoms. The Balaban J connectivity index is 1.25. The number of rotatable bonds is 5. The monoisotopic (exact) mass is 561 g/mol. The second kappa shape index (κ2) is 10.3. The van der Waals surface area contributed by atoms with Crippen LogP contribution in [0.15, 0.2) is 133 Å². The van der Waals surface area contributed by atoms with Crippen LogP contribution in [0.1, 0.15) is 0 Å². The predicted molar refractivity (Wildman–Crippen MR) is 182 cm³/mol. The number of aromatic nitrogens is 1. The van der Waals surface area contributed by atoms with Gasteiger partial charge in [-0.2, -0.15) is 0 Å². The summed E-state index contributed by atoms with van der Waals surface area (Å²) in [6.45, 7) is 7.21. The van der Waals surface area contributed by atoms with Gasteiger partial charge in [0.05, 0.1) is 18.3 Å². The van der Waals surface area contributed by atoms with Crippen LogP contribution in [0, 0.1) is 0 Å². The van der Waals surface area contributed by atoms with Crippen molar-refractivity contribution in [2.24, 2.45) is 0 Å². The standard InChI is InChI=1S/C38H31NSSi/c1-41(2,3)31-13-9-11-29(25-31)27-20-18-26(19-21-27)28-10-8-12-30(24-28)32-22-23-35(34-15-5-4-14-33(32)34)38-39-36-16-6-7-17-37(36)40-38/h4-25H,1-3H3. The van der Waals surface area contributed by atoms with E-state index >= 15 is 0 Å². The Labute approximate surface area is 246 Å². The van der Waals surface area contributed by atoms with Gasteiger partial charge in [0.15, 0.2) is 0 Å². The molecule has 0 aliphatic heterocycles. The summed E-state index contributed by atoms with van der Waals surface area (Å²) in [6, 6.07) is 48.6. The highest BCUT2D eigenvalue weighted by molar-refractivity contribution is 7.21. The molecule has 0 N–H and O–H groups in total. The van der Waals surface area contributed by atoms with E-state index in [4.69, 9.17) is 4.98 Å². The first kappa shape index (κ1) is 25.6. The van der Waals surface area contributed by atoms with Gasteiger partial charge in [0, 0.05) is 5.56 Å². The van der Waals surface area contributed by atoms with Crippen LogP contribution in [0.3, 0.4) is 0 Å². The van der Waals surface area contributed by atoms with Gasteiger partial charge in [0.25, 0.3) is 0 Å². The van der Waals surface area contributed by atoms with Crippen molar-refractivity contribution in [1.29, 1.82) is 0 Å². The summed E-state index contributed by atoms with van der Waals surface area (Å²) >= 11 is 1.76. The van der Waals surface area contributed by atoms with Crippen LogP contribution in [0.5, 0.6) is 0 Å². The number of para-hydroxylation sites is 1. The van der Waals surface area contributed by atoms with E-state index in [1.807, 2.05) is 0 Å². The van der Waals surface area contributed by atoms with Gasteiger partial charge in [0.2, 0.25) is 0 Å². The summed E-state index contributed by atoms with van der Waals surface area (Å²) in [5.74, 6) is 0. The molecule has 3 heteroatoms. The maximum atomic E-state index is 4.96. The van der Waals surface area contributed by atoms with E-state index in [-0.39, 0.29) is 0 Å². The third-order valence-electron chi connectivity index (χ3n) is 7.90. The fraction of sp³-hybridized carbons (Fsp3) is 0.0789. The smallest absolute Gasteiger partial charge is 0.125 e. The van der Waals surface area contributed by atoms with Crippen LogP contribution in [0.4, 0.5) is 0 Å². The maximum Gasteiger partial charge on any atom is 0.125 e. The Bertz CT molecular complexity index is 2000. The van der Waals surface area contributed by atoms with Crippen LogP contribution in [0.2, 0.25) is 19.6 Å². The molecule has 0 fully saturated rings. The number of fused-ring (bicyclic) bond motifs is 2. The van der Waals surface area contributed by atoms with Crippen molar-refractivity contribution in [3.8, 4) is 44.0 Å². The minimum Gasteiger partial charge on any atom is -0.236 e. The Morgan fingerprint density at radius 2 is 1.07 bits per heavy atom. The molecule has 1 nitrogen and oxygen atoms in total. The van der Waals surface area contributed by atoms with Crippen molar-refractivity contribution in [3.05, 3.63) is 133 Å². The lowest BCUT2D eigenvalue weighted by Gasteiger charge is -2.17. The zero-order valence-corrected chi connectivity index (χ0v) is 25.4. The van der Waals surface area contributed by atoms with Crippen molar-refractivity contribution >= 4 is 45.6 Å². The van der Waals surface area contributed by atoms with Gasteiger partial charge in [-0.25, -0.2) is 4.98 Å². The molecular formula is C38H31NSSi. The van der Waals surface area contributed by atoms with Crippen molar-refractivity contribution in [1.82, 2.24) is 4.98 Å². The van der Waals surface area contributed by atoms with Crippen LogP contribution < -0.4 is 5.19 Å². The van der Waals surface area contributed by atoms with Crippen LogP contribution >= 0.6 is 11.3 Å². The highest BCUT2D eigenvalue weighted by Gasteiger charge is 2.17. The number of benzene rings is 6. The lowest BCUT2D eigenvalue weighted by molar-refractivity contribution is 1.49. The molecule has 6 aromatic carbocycles. The largest absolute Gasteiger partial charge is 0.236 e. The van der Waals surface area contributed by atoms with Crippen molar-refractivity contribution in [2.75, 3.05) is 0 Å². The molecule has 0 saturated heterocycles. The predicted octanol–water partition coefficient (Wildman–Crippen LogP) is 10.7. The lowest BCUT2D eigenvalue weighted by atomic mass is 9.93. The molecule has 0 unspecified atom stereocenters. The average Bonchev–Trinajstić information content (AvgIpc) is 3.44. The van der Waals surface area contributed by atoms with Crippen LogP contribution in [-0.4, -0.2) is 13.1 Å². The topological polar surface area (TPSA) is 12.9 Å². The number of hydrogen-bond acceptors (Lipinski definition) is 2. The summed E-state index contributed by atoms with van der Waals surface area (Å²) < 4.78 is 1.22. The van der Waals surface area contributed by atoms with Gasteiger partial charge >= 0.3 is 0 Å².